The highest BCUT2D eigenvalue weighted by atomic mass is 16.3. The number of hydrogen-bond donors (Lipinski definition) is 5. The summed E-state index contributed by atoms with van der Waals surface area (Å²) in [6, 6.07) is 11.3. The second kappa shape index (κ2) is 10.6. The lowest BCUT2D eigenvalue weighted by molar-refractivity contribution is -0.153. The van der Waals surface area contributed by atoms with Gasteiger partial charge in [-0.05, 0) is 93.9 Å². The Hall–Kier alpha value is -3.99. The maximum Gasteiger partial charge on any atom is 0.255 e. The van der Waals surface area contributed by atoms with E-state index >= 15 is 0 Å². The molecule has 6 atom stereocenters. The first kappa shape index (κ1) is 30.1. The number of carbonyl (C=O) groups excluding carboxylic acids is 3. The number of hydrogen-bond acceptors (Lipinski definition) is 9. The molecule has 1 heterocycles. The first-order valence-electron chi connectivity index (χ1n) is 15.1. The van der Waals surface area contributed by atoms with Gasteiger partial charge in [0.1, 0.15) is 22.8 Å². The Morgan fingerprint density at radius 3 is 2.39 bits per heavy atom. The fourth-order valence-corrected chi connectivity index (χ4v) is 8.12. The number of ketones is 2. The maximum absolute atomic E-state index is 14.1. The number of fused-ring (bicyclic) bond motifs is 3. The molecule has 3 aliphatic carbocycles. The zero-order valence-corrected chi connectivity index (χ0v) is 25.4. The quantitative estimate of drug-likeness (QED) is 0.324. The summed E-state index contributed by atoms with van der Waals surface area (Å²) in [6.45, 7) is 5.29. The van der Waals surface area contributed by atoms with E-state index in [0.717, 1.165) is 36.1 Å². The monoisotopic (exact) mass is 601 g/mol. The number of phenols is 1. The Balaban J connectivity index is 1.46. The molecule has 2 fully saturated rings. The Morgan fingerprint density at radius 2 is 1.75 bits per heavy atom. The van der Waals surface area contributed by atoms with Gasteiger partial charge < -0.3 is 26.2 Å². The number of aliphatic hydroxyl groups is 3. The number of phenolic OH excluding ortho intramolecular Hbond substituents is 1. The standard InChI is InChI=1S/C34H39N3O7/c1-16-8-9-17(2)37(16)15-18-6-5-7-19(12-18)21-10-11-24(38)26-22(21)13-20-14-23-28(36(3)4)30(40)27(33(35)43)32(42)34(23,44)31(41)25(20)29(26)39/h5-7,10-12,16-17,20,23,28,38-39,42,44H,8-9,13-15H2,1-4H3,(H2,35,43)/t16-,17-,20+,23+,28+,34+/m1/s1. The van der Waals surface area contributed by atoms with Crippen LogP contribution in [-0.2, 0) is 27.3 Å². The van der Waals surface area contributed by atoms with Gasteiger partial charge in [0.2, 0.25) is 5.78 Å². The molecule has 0 bridgehead atoms. The molecule has 1 amide bonds. The molecule has 0 aromatic heterocycles. The van der Waals surface area contributed by atoms with Crippen LogP contribution in [0.1, 0.15) is 49.8 Å². The van der Waals surface area contributed by atoms with E-state index in [0.29, 0.717) is 17.6 Å². The second-order valence-corrected chi connectivity index (χ2v) is 13.1. The van der Waals surface area contributed by atoms with E-state index in [9.17, 15) is 34.8 Å². The fraction of sp³-hybridized carbons (Fsp3) is 0.441. The van der Waals surface area contributed by atoms with Crippen molar-refractivity contribution in [1.29, 1.82) is 0 Å². The summed E-state index contributed by atoms with van der Waals surface area (Å²) in [6.07, 6.45) is 2.61. The Kier molecular flexibility index (Phi) is 7.22. The van der Waals surface area contributed by atoms with Crippen LogP contribution in [-0.4, -0.2) is 85.5 Å². The molecule has 10 heteroatoms. The topological polar surface area (TPSA) is 165 Å². The number of aliphatic hydroxyl groups excluding tert-OH is 2. The number of nitrogens with zero attached hydrogens (tertiary/aromatic N) is 2. The summed E-state index contributed by atoms with van der Waals surface area (Å²) in [5.74, 6) is -6.60. The van der Waals surface area contributed by atoms with Gasteiger partial charge in [0, 0.05) is 30.1 Å². The number of Topliss-reactive ketones (excluding diaryl/α,β-unsaturated/α-hetero) is 2. The van der Waals surface area contributed by atoms with Crippen molar-refractivity contribution in [3.05, 3.63) is 70.0 Å². The van der Waals surface area contributed by atoms with Crippen molar-refractivity contribution in [2.75, 3.05) is 14.1 Å². The molecule has 0 unspecified atom stereocenters. The highest BCUT2D eigenvalue weighted by Gasteiger charge is 2.64. The molecule has 44 heavy (non-hydrogen) atoms. The maximum atomic E-state index is 14.1. The molecule has 10 nitrogen and oxygen atoms in total. The summed E-state index contributed by atoms with van der Waals surface area (Å²) in [5, 5.41) is 45.4. The van der Waals surface area contributed by atoms with E-state index in [1.807, 2.05) is 12.1 Å². The number of likely N-dealkylation sites (tertiary alicyclic amines) is 1. The molecule has 0 radical (unpaired) electrons. The van der Waals surface area contributed by atoms with E-state index in [1.165, 1.54) is 11.0 Å². The summed E-state index contributed by atoms with van der Waals surface area (Å²) in [7, 11) is 3.17. The molecule has 0 spiro atoms. The van der Waals surface area contributed by atoms with Gasteiger partial charge in [-0.1, -0.05) is 24.3 Å². The minimum atomic E-state index is -2.66. The minimum Gasteiger partial charge on any atom is -0.508 e. The van der Waals surface area contributed by atoms with Gasteiger partial charge in [-0.3, -0.25) is 24.2 Å². The molecular weight excluding hydrogens is 562 g/mol. The SMILES string of the molecule is C[C@@H]1CC[C@@H](C)N1Cc1cccc(-c2ccc(O)c3c2C[C@H]2C[C@H]4[C@H](N(C)C)C(=O)C(C(N)=O)=C(O)[C@@]4(O)C(=O)C2=C3O)c1. The highest BCUT2D eigenvalue weighted by molar-refractivity contribution is 6.24. The zero-order chi connectivity index (χ0) is 31.8. The number of carbonyl (C=O) groups is 3. The van der Waals surface area contributed by atoms with Gasteiger partial charge in [-0.25, -0.2) is 0 Å². The highest BCUT2D eigenvalue weighted by Crippen LogP contribution is 2.53. The van der Waals surface area contributed by atoms with Crippen LogP contribution in [0.5, 0.6) is 5.75 Å². The largest absolute Gasteiger partial charge is 0.508 e. The Labute approximate surface area is 256 Å². The van der Waals surface area contributed by atoms with Crippen LogP contribution in [0, 0.1) is 11.8 Å². The average Bonchev–Trinajstić information content (AvgIpc) is 3.27. The lowest BCUT2D eigenvalue weighted by atomic mass is 9.57. The smallest absolute Gasteiger partial charge is 0.255 e. The third-order valence-electron chi connectivity index (χ3n) is 10.3. The lowest BCUT2D eigenvalue weighted by Crippen LogP contribution is -2.65. The van der Waals surface area contributed by atoms with Crippen molar-refractivity contribution in [1.82, 2.24) is 9.80 Å². The number of rotatable bonds is 5. The van der Waals surface area contributed by atoms with Gasteiger partial charge in [-0.2, -0.15) is 0 Å². The second-order valence-electron chi connectivity index (χ2n) is 13.1. The number of likely N-dealkylation sites (N-methyl/N-ethyl adjacent to an activating group) is 1. The van der Waals surface area contributed by atoms with Gasteiger partial charge in [0.25, 0.3) is 5.91 Å². The van der Waals surface area contributed by atoms with Crippen molar-refractivity contribution in [3.63, 3.8) is 0 Å². The molecule has 1 saturated carbocycles. The molecule has 4 aliphatic rings. The Bertz CT molecular complexity index is 1650. The molecule has 232 valence electrons. The number of aromatic hydroxyl groups is 1. The lowest BCUT2D eigenvalue weighted by Gasteiger charge is -2.50. The number of nitrogens with two attached hydrogens (primary N) is 1. The molecule has 2 aromatic rings. The van der Waals surface area contributed by atoms with E-state index < -0.39 is 58.0 Å². The molecule has 1 aliphatic heterocycles. The van der Waals surface area contributed by atoms with Crippen LogP contribution in [0.15, 0.2) is 53.3 Å². The Morgan fingerprint density at radius 1 is 1.07 bits per heavy atom. The van der Waals surface area contributed by atoms with Crippen LogP contribution in [0.25, 0.3) is 16.9 Å². The van der Waals surface area contributed by atoms with E-state index in [2.05, 4.69) is 30.9 Å². The van der Waals surface area contributed by atoms with Gasteiger partial charge in [-0.15, -0.1) is 0 Å². The number of amides is 1. The fourth-order valence-electron chi connectivity index (χ4n) is 8.12. The number of primary amides is 1. The molecule has 2 aromatic carbocycles. The predicted octanol–water partition coefficient (Wildman–Crippen LogP) is 3.00. The summed E-state index contributed by atoms with van der Waals surface area (Å²) in [5.41, 5.74) is 5.34. The van der Waals surface area contributed by atoms with E-state index in [-0.39, 0.29) is 29.7 Å². The van der Waals surface area contributed by atoms with Crippen LogP contribution >= 0.6 is 0 Å². The third-order valence-corrected chi connectivity index (χ3v) is 10.3. The predicted molar refractivity (Wildman–Crippen MR) is 163 cm³/mol. The van der Waals surface area contributed by atoms with Crippen LogP contribution in [0.4, 0.5) is 0 Å². The summed E-state index contributed by atoms with van der Waals surface area (Å²) in [4.78, 5) is 43.6. The van der Waals surface area contributed by atoms with Gasteiger partial charge in [0.15, 0.2) is 11.4 Å². The van der Waals surface area contributed by atoms with Gasteiger partial charge >= 0.3 is 0 Å². The van der Waals surface area contributed by atoms with Crippen molar-refractivity contribution in [3.8, 4) is 16.9 Å². The summed E-state index contributed by atoms with van der Waals surface area (Å²) < 4.78 is 0. The minimum absolute atomic E-state index is 0.0473. The molecule has 1 saturated heterocycles. The van der Waals surface area contributed by atoms with Crippen molar-refractivity contribution >= 4 is 23.2 Å². The molecule has 6 N–H and O–H groups in total. The molecular formula is C34H39N3O7. The van der Waals surface area contributed by atoms with E-state index in [4.69, 9.17) is 5.73 Å². The first-order valence-corrected chi connectivity index (χ1v) is 15.1. The third kappa shape index (κ3) is 4.30. The van der Waals surface area contributed by atoms with Gasteiger partial charge in [0.05, 0.1) is 11.6 Å². The average molecular weight is 602 g/mol. The van der Waals surface area contributed by atoms with Crippen LogP contribution in [0.3, 0.4) is 0 Å². The zero-order valence-electron chi connectivity index (χ0n) is 25.4. The van der Waals surface area contributed by atoms with Crippen LogP contribution < -0.4 is 5.73 Å². The van der Waals surface area contributed by atoms with Crippen molar-refractivity contribution in [2.45, 2.75) is 69.8 Å². The van der Waals surface area contributed by atoms with Crippen molar-refractivity contribution in [2.24, 2.45) is 17.6 Å². The summed E-state index contributed by atoms with van der Waals surface area (Å²) >= 11 is 0. The first-order chi connectivity index (χ1) is 20.8. The van der Waals surface area contributed by atoms with Crippen molar-refractivity contribution < 1.29 is 34.8 Å². The van der Waals surface area contributed by atoms with Crippen LogP contribution in [0.2, 0.25) is 0 Å². The van der Waals surface area contributed by atoms with E-state index in [1.54, 1.807) is 20.2 Å². The normalized spacial score (nSPS) is 30.5. The molecule has 6 rings (SSSR count). The number of benzene rings is 2.